The monoisotopic (exact) mass is 647 g/mol. The number of nitrogens with two attached hydrogens (primary N) is 1. The molecule has 0 spiro atoms. The van der Waals surface area contributed by atoms with E-state index in [0.717, 1.165) is 11.8 Å². The number of thioether (sulfide) groups is 1. The maximum absolute atomic E-state index is 13.8. The van der Waals surface area contributed by atoms with Gasteiger partial charge in [-0.2, -0.15) is 0 Å². The highest BCUT2D eigenvalue weighted by Crippen LogP contribution is 2.52. The van der Waals surface area contributed by atoms with E-state index < -0.39 is 89.1 Å². The minimum atomic E-state index is -2.14. The SMILES string of the molecule is CCOC(=S)SCC(=O)C1(O)Cc2c(O)c3c(c(O)c2C(OC2CC(N)C(O)C(C)O2)C1)C(=O)c1c(OC)cccc1C3=O. The second-order valence-electron chi connectivity index (χ2n) is 11.0. The lowest BCUT2D eigenvalue weighted by atomic mass is 9.72. The average Bonchev–Trinajstić information content (AvgIpc) is 2.98. The van der Waals surface area contributed by atoms with Gasteiger partial charge in [0, 0.05) is 42.0 Å². The summed E-state index contributed by atoms with van der Waals surface area (Å²) in [5.74, 6) is -3.63. The summed E-state index contributed by atoms with van der Waals surface area (Å²) in [6, 6.07) is 3.69. The van der Waals surface area contributed by atoms with Crippen LogP contribution in [0.5, 0.6) is 17.2 Å². The van der Waals surface area contributed by atoms with Gasteiger partial charge in [0.1, 0.15) is 22.8 Å². The van der Waals surface area contributed by atoms with E-state index in [-0.39, 0.29) is 44.6 Å². The molecule has 6 atom stereocenters. The molecule has 6 unspecified atom stereocenters. The second kappa shape index (κ2) is 12.4. The zero-order valence-corrected chi connectivity index (χ0v) is 25.8. The second-order valence-corrected chi connectivity index (χ2v) is 12.6. The van der Waals surface area contributed by atoms with Gasteiger partial charge in [0.05, 0.1) is 54.5 Å². The number of hydrogen-bond donors (Lipinski definition) is 5. The molecule has 2 aromatic rings. The van der Waals surface area contributed by atoms with Crippen LogP contribution in [-0.4, -0.2) is 91.8 Å². The first-order valence-corrected chi connectivity index (χ1v) is 15.4. The van der Waals surface area contributed by atoms with Crippen molar-refractivity contribution >= 4 is 45.7 Å². The van der Waals surface area contributed by atoms with Crippen molar-refractivity contribution in [2.75, 3.05) is 19.5 Å². The van der Waals surface area contributed by atoms with Gasteiger partial charge in [-0.05, 0) is 32.1 Å². The van der Waals surface area contributed by atoms with Gasteiger partial charge >= 0.3 is 0 Å². The summed E-state index contributed by atoms with van der Waals surface area (Å²) < 4.78 is 22.6. The van der Waals surface area contributed by atoms with Crippen LogP contribution in [0.4, 0.5) is 0 Å². The number of thiocarbonyl (C=S) groups is 1. The van der Waals surface area contributed by atoms with Crippen LogP contribution >= 0.6 is 24.0 Å². The Morgan fingerprint density at radius 3 is 2.55 bits per heavy atom. The summed E-state index contributed by atoms with van der Waals surface area (Å²) in [4.78, 5) is 40.9. The van der Waals surface area contributed by atoms with E-state index in [1.807, 2.05) is 0 Å². The minimum absolute atomic E-state index is 0.0296. The molecule has 1 aliphatic heterocycles. The number of hydrogen-bond acceptors (Lipinski definition) is 14. The van der Waals surface area contributed by atoms with Crippen LogP contribution in [0.25, 0.3) is 0 Å². The number of Topliss-reactive ketones (excluding diaryl/α,β-unsaturated/α-hetero) is 1. The number of carbonyl (C=O) groups excluding carboxylic acids is 3. The van der Waals surface area contributed by atoms with Gasteiger partial charge in [-0.15, -0.1) is 0 Å². The number of aliphatic hydroxyl groups is 2. The summed E-state index contributed by atoms with van der Waals surface area (Å²) >= 11 is 6.01. The van der Waals surface area contributed by atoms with Gasteiger partial charge in [-0.1, -0.05) is 23.9 Å². The fourth-order valence-corrected chi connectivity index (χ4v) is 7.03. The summed E-state index contributed by atoms with van der Waals surface area (Å²) in [6.45, 7) is 3.63. The van der Waals surface area contributed by atoms with E-state index in [1.165, 1.54) is 25.3 Å². The fourth-order valence-electron chi connectivity index (χ4n) is 6.02. The van der Waals surface area contributed by atoms with Crippen molar-refractivity contribution < 1.29 is 53.8 Å². The molecule has 236 valence electrons. The van der Waals surface area contributed by atoms with E-state index in [1.54, 1.807) is 13.8 Å². The Morgan fingerprint density at radius 2 is 1.89 bits per heavy atom. The maximum atomic E-state index is 13.8. The molecule has 0 saturated carbocycles. The molecular weight excluding hydrogens is 614 g/mol. The van der Waals surface area contributed by atoms with Crippen LogP contribution in [0.1, 0.15) is 75.8 Å². The molecule has 6 N–H and O–H groups in total. The number of aliphatic hydroxyl groups excluding tert-OH is 1. The first kappa shape index (κ1) is 32.3. The molecule has 0 radical (unpaired) electrons. The number of aromatic hydroxyl groups is 2. The zero-order valence-electron chi connectivity index (χ0n) is 24.2. The van der Waals surface area contributed by atoms with Gasteiger partial charge in [0.25, 0.3) is 0 Å². The standard InChI is InChI=1S/C30H33NO11S2/c1-4-40-29(43)44-11-18(32)30(38)9-14-21(17(10-30)42-19-8-15(31)24(33)12(2)41-19)28(37)23-22(26(14)35)25(34)13-6-5-7-16(39-3)20(13)27(23)36/h5-7,12,15,17,19,24,33,35,37-38H,4,8-11,31H2,1-3H3. The molecule has 1 saturated heterocycles. The van der Waals surface area contributed by atoms with Crippen LogP contribution in [0, 0.1) is 0 Å². The molecule has 1 fully saturated rings. The van der Waals surface area contributed by atoms with Crippen molar-refractivity contribution in [2.24, 2.45) is 5.73 Å². The van der Waals surface area contributed by atoms with Crippen LogP contribution in [0.15, 0.2) is 18.2 Å². The molecule has 0 bridgehead atoms. The first-order valence-electron chi connectivity index (χ1n) is 14.0. The van der Waals surface area contributed by atoms with Gasteiger partial charge in [0.15, 0.2) is 17.9 Å². The van der Waals surface area contributed by atoms with Crippen LogP contribution in [-0.2, 0) is 25.4 Å². The molecule has 0 amide bonds. The lowest BCUT2D eigenvalue weighted by molar-refractivity contribution is -0.247. The molecule has 1 heterocycles. The van der Waals surface area contributed by atoms with Gasteiger partial charge in [-0.25, -0.2) is 0 Å². The fraction of sp³-hybridized carbons (Fsp3) is 0.467. The van der Waals surface area contributed by atoms with Crippen molar-refractivity contribution in [3.8, 4) is 17.2 Å². The summed E-state index contributed by atoms with van der Waals surface area (Å²) in [6.07, 6.45) is -4.92. The summed E-state index contributed by atoms with van der Waals surface area (Å²) in [5.41, 5.74) is 2.71. The van der Waals surface area contributed by atoms with Gasteiger partial charge in [-0.3, -0.25) is 14.4 Å². The average molecular weight is 648 g/mol. The summed E-state index contributed by atoms with van der Waals surface area (Å²) in [7, 11) is 1.33. The molecular formula is C30H33NO11S2. The molecule has 3 aliphatic rings. The van der Waals surface area contributed by atoms with Crippen LogP contribution < -0.4 is 10.5 Å². The molecule has 2 aliphatic carbocycles. The Morgan fingerprint density at radius 1 is 1.18 bits per heavy atom. The molecule has 14 heteroatoms. The van der Waals surface area contributed by atoms with Crippen LogP contribution in [0.3, 0.4) is 0 Å². The topological polar surface area (TPSA) is 195 Å². The third kappa shape index (κ3) is 5.49. The Labute approximate surface area is 262 Å². The van der Waals surface area contributed by atoms with Crippen molar-refractivity contribution in [3.05, 3.63) is 51.6 Å². The molecule has 12 nitrogen and oxygen atoms in total. The molecule has 5 rings (SSSR count). The van der Waals surface area contributed by atoms with Gasteiger partial charge < -0.3 is 45.1 Å². The number of fused-ring (bicyclic) bond motifs is 3. The third-order valence-corrected chi connectivity index (χ3v) is 9.48. The van der Waals surface area contributed by atoms with E-state index in [2.05, 4.69) is 0 Å². The Bertz CT molecular complexity index is 1530. The van der Waals surface area contributed by atoms with Crippen molar-refractivity contribution in [1.29, 1.82) is 0 Å². The molecule has 2 aromatic carbocycles. The predicted octanol–water partition coefficient (Wildman–Crippen LogP) is 2.06. The Balaban J connectivity index is 1.62. The minimum Gasteiger partial charge on any atom is -0.507 e. The largest absolute Gasteiger partial charge is 0.507 e. The normalized spacial score (nSPS) is 27.6. The quantitative estimate of drug-likeness (QED) is 0.185. The number of ketones is 3. The highest BCUT2D eigenvalue weighted by atomic mass is 32.2. The maximum Gasteiger partial charge on any atom is 0.220 e. The number of rotatable bonds is 7. The first-order chi connectivity index (χ1) is 20.8. The Kier molecular flexibility index (Phi) is 9.06. The van der Waals surface area contributed by atoms with Crippen LogP contribution in [0.2, 0.25) is 0 Å². The number of methoxy groups -OCH3 is 1. The van der Waals surface area contributed by atoms with Crippen molar-refractivity contribution in [3.63, 3.8) is 0 Å². The number of phenolic OH excluding ortho intramolecular Hbond substituents is 2. The highest BCUT2D eigenvalue weighted by Gasteiger charge is 2.50. The van der Waals surface area contributed by atoms with E-state index in [4.69, 9.17) is 36.9 Å². The van der Waals surface area contributed by atoms with E-state index >= 15 is 0 Å². The van der Waals surface area contributed by atoms with E-state index in [0.29, 0.717) is 6.61 Å². The zero-order chi connectivity index (χ0) is 32.1. The number of benzene rings is 2. The lowest BCUT2D eigenvalue weighted by Crippen LogP contribution is -2.53. The van der Waals surface area contributed by atoms with E-state index in [9.17, 15) is 34.8 Å². The van der Waals surface area contributed by atoms with Crippen molar-refractivity contribution in [2.45, 2.75) is 69.4 Å². The number of carbonyl (C=O) groups is 3. The Hall–Kier alpha value is -3.11. The number of phenols is 2. The lowest BCUT2D eigenvalue weighted by Gasteiger charge is -2.42. The van der Waals surface area contributed by atoms with Crippen molar-refractivity contribution in [1.82, 2.24) is 0 Å². The highest BCUT2D eigenvalue weighted by molar-refractivity contribution is 8.23. The molecule has 44 heavy (non-hydrogen) atoms. The smallest absolute Gasteiger partial charge is 0.220 e. The number of ether oxygens (including phenoxy) is 4. The third-order valence-electron chi connectivity index (χ3n) is 8.24. The molecule has 0 aromatic heterocycles. The predicted molar refractivity (Wildman–Crippen MR) is 161 cm³/mol. The summed E-state index contributed by atoms with van der Waals surface area (Å²) in [5, 5.41) is 45.2. The van der Waals surface area contributed by atoms with Gasteiger partial charge in [0.2, 0.25) is 10.2 Å².